The zero-order valence-corrected chi connectivity index (χ0v) is 8.10. The van der Waals surface area contributed by atoms with Gasteiger partial charge in [-0.3, -0.25) is 0 Å². The number of nitrogens with one attached hydrogen (secondary N) is 2. The van der Waals surface area contributed by atoms with Crippen molar-refractivity contribution in [2.24, 2.45) is 0 Å². The molecule has 0 fully saturated rings. The summed E-state index contributed by atoms with van der Waals surface area (Å²) in [6, 6.07) is 10.1. The van der Waals surface area contributed by atoms with E-state index in [0.717, 1.165) is 16.2 Å². The van der Waals surface area contributed by atoms with E-state index < -0.39 is 0 Å². The SMILES string of the molecule is c1ccc2c3o[nH]ccc=3[nH]sc2c1. The Morgan fingerprint density at radius 1 is 1.14 bits per heavy atom. The summed E-state index contributed by atoms with van der Waals surface area (Å²) in [6.45, 7) is 0. The summed E-state index contributed by atoms with van der Waals surface area (Å²) in [5.74, 6) is 0. The van der Waals surface area contributed by atoms with Crippen LogP contribution in [0, 0.1) is 10.8 Å². The lowest BCUT2D eigenvalue weighted by Crippen LogP contribution is -1.82. The minimum atomic E-state index is 0.863. The molecule has 0 aromatic heterocycles. The van der Waals surface area contributed by atoms with Crippen molar-refractivity contribution in [3.05, 3.63) is 47.3 Å². The summed E-state index contributed by atoms with van der Waals surface area (Å²) < 4.78 is 9.78. The number of aromatic nitrogens is 2. The van der Waals surface area contributed by atoms with Gasteiger partial charge >= 0.3 is 0 Å². The first-order valence-electron chi connectivity index (χ1n) is 4.30. The van der Waals surface area contributed by atoms with Gasteiger partial charge in [-0.1, -0.05) is 23.7 Å². The van der Waals surface area contributed by atoms with Crippen molar-refractivity contribution < 1.29 is 4.52 Å². The Morgan fingerprint density at radius 3 is 3.07 bits per heavy atom. The van der Waals surface area contributed by atoms with Crippen molar-refractivity contribution in [2.75, 3.05) is 0 Å². The summed E-state index contributed by atoms with van der Waals surface area (Å²) in [6.07, 6.45) is 1.76. The second-order valence-electron chi connectivity index (χ2n) is 3.00. The Balaban J connectivity index is 2.70. The summed E-state index contributed by atoms with van der Waals surface area (Å²) in [5, 5.41) is 4.87. The number of H-pyrrole nitrogens is 2. The molecule has 0 amide bonds. The lowest BCUT2D eigenvalue weighted by atomic mass is 10.2. The Kier molecular flexibility index (Phi) is 1.61. The van der Waals surface area contributed by atoms with Crippen LogP contribution in [-0.2, 0) is 0 Å². The monoisotopic (exact) mass is 204 g/mol. The Bertz CT molecular complexity index is 656. The zero-order chi connectivity index (χ0) is 9.38. The first-order valence-corrected chi connectivity index (χ1v) is 5.12. The maximum atomic E-state index is 5.38. The fraction of sp³-hybridized carbons (Fsp3) is 0. The van der Waals surface area contributed by atoms with Crippen LogP contribution in [0.5, 0.6) is 0 Å². The molecule has 2 heterocycles. The molecule has 0 saturated heterocycles. The highest BCUT2D eigenvalue weighted by Gasteiger charge is 1.98. The van der Waals surface area contributed by atoms with Crippen molar-refractivity contribution >= 4 is 21.6 Å². The average Bonchev–Trinajstić information content (AvgIpc) is 2.29. The van der Waals surface area contributed by atoms with E-state index in [-0.39, 0.29) is 0 Å². The van der Waals surface area contributed by atoms with E-state index in [2.05, 4.69) is 21.7 Å². The molecular formula is C10H8N2OS. The van der Waals surface area contributed by atoms with E-state index in [4.69, 9.17) is 4.52 Å². The van der Waals surface area contributed by atoms with Gasteiger partial charge in [0.15, 0.2) is 5.42 Å². The molecule has 0 saturated carbocycles. The molecular weight excluding hydrogens is 196 g/mol. The second-order valence-corrected chi connectivity index (χ2v) is 3.84. The summed E-state index contributed by atoms with van der Waals surface area (Å²) in [5.41, 5.74) is 0.863. The van der Waals surface area contributed by atoms with Crippen LogP contribution >= 0.6 is 11.5 Å². The molecule has 0 bridgehead atoms. The molecule has 1 aromatic rings. The van der Waals surface area contributed by atoms with Gasteiger partial charge in [-0.05, 0) is 18.2 Å². The first-order chi connectivity index (χ1) is 6.95. The van der Waals surface area contributed by atoms with E-state index in [1.165, 1.54) is 4.70 Å². The van der Waals surface area contributed by atoms with Crippen LogP contribution in [0.25, 0.3) is 10.1 Å². The first kappa shape index (κ1) is 7.70. The van der Waals surface area contributed by atoms with Gasteiger partial charge in [0.1, 0.15) is 0 Å². The number of aromatic amines is 2. The van der Waals surface area contributed by atoms with E-state index >= 15 is 0 Å². The topological polar surface area (TPSA) is 44.7 Å². The van der Waals surface area contributed by atoms with Crippen LogP contribution in [0.1, 0.15) is 0 Å². The molecule has 1 aromatic carbocycles. The molecule has 3 nitrogen and oxygen atoms in total. The van der Waals surface area contributed by atoms with E-state index in [1.807, 2.05) is 18.2 Å². The smallest absolute Gasteiger partial charge is 0.187 e. The van der Waals surface area contributed by atoms with Gasteiger partial charge in [-0.15, -0.1) is 0 Å². The summed E-state index contributed by atoms with van der Waals surface area (Å²) in [4.78, 5) is 0. The number of rotatable bonds is 0. The molecule has 2 aliphatic rings. The van der Waals surface area contributed by atoms with Gasteiger partial charge in [-0.2, -0.15) is 0 Å². The fourth-order valence-corrected chi connectivity index (χ4v) is 2.27. The number of hydrogen-bond donors (Lipinski definition) is 2. The third-order valence-electron chi connectivity index (χ3n) is 2.13. The minimum absolute atomic E-state index is 0.863. The molecule has 0 radical (unpaired) electrons. The Hall–Kier alpha value is -1.68. The van der Waals surface area contributed by atoms with Gasteiger partial charge in [0.05, 0.1) is 10.0 Å². The molecule has 70 valence electrons. The fourth-order valence-electron chi connectivity index (χ4n) is 1.47. The lowest BCUT2D eigenvalue weighted by Gasteiger charge is -1.97. The number of hydrogen-bond acceptors (Lipinski definition) is 2. The van der Waals surface area contributed by atoms with Gasteiger partial charge in [0.2, 0.25) is 0 Å². The predicted octanol–water partition coefficient (Wildman–Crippen LogP) is 3.00. The molecule has 0 spiro atoms. The van der Waals surface area contributed by atoms with Crippen molar-refractivity contribution in [2.45, 2.75) is 0 Å². The van der Waals surface area contributed by atoms with Crippen LogP contribution < -0.4 is 0 Å². The standard InChI is InChI=1S/C10H8N2OS/c1-2-4-9-7(3-1)10-8(12-14-9)5-6-11-13-10/h1-6,11-12H. The number of fused-ring (bicyclic) bond motifs is 2. The number of benzene rings is 1. The van der Waals surface area contributed by atoms with Crippen LogP contribution in [-0.4, -0.2) is 9.53 Å². The molecule has 2 N–H and O–H groups in total. The van der Waals surface area contributed by atoms with Crippen LogP contribution in [0.3, 0.4) is 0 Å². The highest BCUT2D eigenvalue weighted by Crippen LogP contribution is 2.17. The van der Waals surface area contributed by atoms with Crippen molar-refractivity contribution in [3.63, 3.8) is 0 Å². The Labute approximate surface area is 83.4 Å². The molecule has 0 atom stereocenters. The van der Waals surface area contributed by atoms with E-state index in [0.29, 0.717) is 0 Å². The summed E-state index contributed by atoms with van der Waals surface area (Å²) >= 11 is 1.61. The Morgan fingerprint density at radius 2 is 2.07 bits per heavy atom. The van der Waals surface area contributed by atoms with Crippen molar-refractivity contribution in [1.29, 1.82) is 0 Å². The molecule has 14 heavy (non-hydrogen) atoms. The molecule has 4 heteroatoms. The largest absolute Gasteiger partial charge is 0.380 e. The highest BCUT2D eigenvalue weighted by atomic mass is 32.1. The molecule has 2 aliphatic heterocycles. The predicted molar refractivity (Wildman–Crippen MR) is 55.7 cm³/mol. The van der Waals surface area contributed by atoms with Gasteiger partial charge < -0.3 is 8.90 Å². The minimum Gasteiger partial charge on any atom is -0.380 e. The van der Waals surface area contributed by atoms with Crippen LogP contribution in [0.15, 0.2) is 41.1 Å². The third kappa shape index (κ3) is 1.04. The van der Waals surface area contributed by atoms with Crippen LogP contribution in [0.4, 0.5) is 0 Å². The zero-order valence-electron chi connectivity index (χ0n) is 7.28. The molecule has 3 rings (SSSR count). The quantitative estimate of drug-likeness (QED) is 0.581. The van der Waals surface area contributed by atoms with Gasteiger partial charge in [-0.25, -0.2) is 5.16 Å². The molecule has 0 aliphatic carbocycles. The van der Waals surface area contributed by atoms with Crippen molar-refractivity contribution in [3.8, 4) is 0 Å². The van der Waals surface area contributed by atoms with Gasteiger partial charge in [0.25, 0.3) is 0 Å². The normalized spacial score (nSPS) is 10.9. The second kappa shape index (κ2) is 2.92. The van der Waals surface area contributed by atoms with E-state index in [9.17, 15) is 0 Å². The highest BCUT2D eigenvalue weighted by molar-refractivity contribution is 7.12. The molecule has 0 unspecified atom stereocenters. The summed E-state index contributed by atoms with van der Waals surface area (Å²) in [7, 11) is 0. The van der Waals surface area contributed by atoms with Gasteiger partial charge in [0, 0.05) is 11.6 Å². The van der Waals surface area contributed by atoms with Crippen LogP contribution in [0.2, 0.25) is 0 Å². The third-order valence-corrected chi connectivity index (χ3v) is 3.02. The maximum Gasteiger partial charge on any atom is 0.187 e. The lowest BCUT2D eigenvalue weighted by molar-refractivity contribution is 0.379. The average molecular weight is 204 g/mol. The maximum absolute atomic E-state index is 5.38. The van der Waals surface area contributed by atoms with E-state index in [1.54, 1.807) is 17.7 Å². The van der Waals surface area contributed by atoms with Crippen molar-refractivity contribution in [1.82, 2.24) is 9.53 Å².